The summed E-state index contributed by atoms with van der Waals surface area (Å²) in [5.74, 6) is 0.00359. The largest absolute Gasteiger partial charge is 0.389 e. The molecule has 0 aliphatic heterocycles. The first-order chi connectivity index (χ1) is 14.9. The van der Waals surface area contributed by atoms with Gasteiger partial charge < -0.3 is 25.4 Å². The van der Waals surface area contributed by atoms with Crippen LogP contribution in [0.1, 0.15) is 18.0 Å². The van der Waals surface area contributed by atoms with Gasteiger partial charge in [0.15, 0.2) is 17.0 Å². The molecule has 0 saturated heterocycles. The van der Waals surface area contributed by atoms with Crippen molar-refractivity contribution in [2.75, 3.05) is 12.4 Å². The van der Waals surface area contributed by atoms with Crippen molar-refractivity contribution in [2.24, 2.45) is 11.3 Å². The van der Waals surface area contributed by atoms with Crippen LogP contribution in [-0.4, -0.2) is 54.9 Å². The van der Waals surface area contributed by atoms with Crippen LogP contribution in [0, 0.1) is 14.9 Å². The molecule has 2 heterocycles. The van der Waals surface area contributed by atoms with Crippen LogP contribution in [-0.2, 0) is 11.3 Å². The molecule has 0 radical (unpaired) electrons. The Labute approximate surface area is 196 Å². The Bertz CT molecular complexity index is 1190. The van der Waals surface area contributed by atoms with E-state index in [2.05, 4.69) is 54.2 Å². The highest BCUT2D eigenvalue weighted by molar-refractivity contribution is 14.1. The fraction of sp³-hybridized carbons (Fsp3) is 0.400. The molecule has 5 rings (SSSR count). The summed E-state index contributed by atoms with van der Waals surface area (Å²) in [4.78, 5) is 25.5. The molecular weight excluding hydrogens is 535 g/mol. The highest BCUT2D eigenvalue weighted by atomic mass is 127. The van der Waals surface area contributed by atoms with Crippen LogP contribution < -0.4 is 10.6 Å². The van der Waals surface area contributed by atoms with E-state index in [4.69, 9.17) is 11.6 Å². The molecule has 1 aromatic carbocycles. The van der Waals surface area contributed by atoms with E-state index in [1.807, 2.05) is 18.2 Å². The van der Waals surface area contributed by atoms with Crippen LogP contribution in [0.25, 0.3) is 11.2 Å². The van der Waals surface area contributed by atoms with E-state index in [0.717, 1.165) is 9.13 Å². The van der Waals surface area contributed by atoms with Crippen LogP contribution in [0.3, 0.4) is 0 Å². The van der Waals surface area contributed by atoms with Crippen molar-refractivity contribution >= 4 is 57.1 Å². The molecule has 5 atom stereocenters. The average Bonchev–Trinajstić information content (AvgIpc) is 3.29. The zero-order chi connectivity index (χ0) is 21.9. The molecule has 2 aliphatic rings. The summed E-state index contributed by atoms with van der Waals surface area (Å²) in [5.41, 5.74) is 1.06. The molecule has 2 fully saturated rings. The van der Waals surface area contributed by atoms with Crippen LogP contribution in [0.2, 0.25) is 5.28 Å². The summed E-state index contributed by atoms with van der Waals surface area (Å²) in [6, 6.07) is 7.54. The number of carbonyl (C=O) groups is 1. The van der Waals surface area contributed by atoms with E-state index >= 15 is 0 Å². The van der Waals surface area contributed by atoms with E-state index in [1.165, 1.54) is 7.05 Å². The lowest BCUT2D eigenvalue weighted by atomic mass is 9.98. The number of nitrogens with one attached hydrogen (secondary N) is 2. The first kappa shape index (κ1) is 20.9. The number of hydrogen-bond donors (Lipinski definition) is 4. The molecule has 31 heavy (non-hydrogen) atoms. The van der Waals surface area contributed by atoms with Crippen LogP contribution in [0.5, 0.6) is 0 Å². The lowest BCUT2D eigenvalue weighted by molar-refractivity contribution is -0.132. The maximum atomic E-state index is 12.4. The number of carbonyl (C=O) groups excluding carboxylic acids is 1. The van der Waals surface area contributed by atoms with Gasteiger partial charge in [0.2, 0.25) is 11.2 Å². The van der Waals surface area contributed by atoms with E-state index in [1.54, 1.807) is 10.9 Å². The predicted molar refractivity (Wildman–Crippen MR) is 122 cm³/mol. The number of aliphatic hydroxyl groups is 2. The summed E-state index contributed by atoms with van der Waals surface area (Å²) in [7, 11) is 1.53. The Balaban J connectivity index is 1.49. The zero-order valence-corrected chi connectivity index (χ0v) is 19.4. The number of aromatic nitrogens is 4. The van der Waals surface area contributed by atoms with Gasteiger partial charge >= 0.3 is 0 Å². The van der Waals surface area contributed by atoms with Crippen molar-refractivity contribution in [3.05, 3.63) is 45.0 Å². The van der Waals surface area contributed by atoms with Gasteiger partial charge in [0.1, 0.15) is 6.10 Å². The summed E-state index contributed by atoms with van der Waals surface area (Å²) < 4.78 is 2.83. The van der Waals surface area contributed by atoms with E-state index in [0.29, 0.717) is 29.9 Å². The van der Waals surface area contributed by atoms with Gasteiger partial charge in [-0.05, 0) is 58.3 Å². The lowest BCUT2D eigenvalue weighted by Crippen LogP contribution is -2.41. The maximum Gasteiger partial charge on any atom is 0.229 e. The second kappa shape index (κ2) is 7.54. The number of fused-ring (bicyclic) bond motifs is 2. The molecule has 4 N–H and O–H groups in total. The summed E-state index contributed by atoms with van der Waals surface area (Å²) in [6.07, 6.45) is -0.225. The van der Waals surface area contributed by atoms with Crippen molar-refractivity contribution in [3.8, 4) is 0 Å². The predicted octanol–water partition coefficient (Wildman–Crippen LogP) is 1.73. The van der Waals surface area contributed by atoms with Gasteiger partial charge in [-0.25, -0.2) is 4.98 Å². The van der Waals surface area contributed by atoms with Crippen molar-refractivity contribution in [1.29, 1.82) is 0 Å². The second-order valence-electron chi connectivity index (χ2n) is 8.00. The topological polar surface area (TPSA) is 125 Å². The van der Waals surface area contributed by atoms with E-state index in [-0.39, 0.29) is 17.1 Å². The molecule has 4 unspecified atom stereocenters. The van der Waals surface area contributed by atoms with Crippen LogP contribution >= 0.6 is 34.2 Å². The molecule has 162 valence electrons. The average molecular weight is 555 g/mol. The number of anilines is 1. The Kier molecular flexibility index (Phi) is 5.07. The smallest absolute Gasteiger partial charge is 0.229 e. The van der Waals surface area contributed by atoms with Crippen LogP contribution in [0.4, 0.5) is 5.82 Å². The van der Waals surface area contributed by atoms with Gasteiger partial charge in [0, 0.05) is 23.1 Å². The molecule has 11 heteroatoms. The fourth-order valence-electron chi connectivity index (χ4n) is 4.85. The Morgan fingerprint density at radius 3 is 2.94 bits per heavy atom. The van der Waals surface area contributed by atoms with Crippen molar-refractivity contribution in [2.45, 2.75) is 31.2 Å². The van der Waals surface area contributed by atoms with Crippen molar-refractivity contribution in [1.82, 2.24) is 24.8 Å². The second-order valence-corrected chi connectivity index (χ2v) is 9.59. The lowest BCUT2D eigenvalue weighted by Gasteiger charge is -2.23. The van der Waals surface area contributed by atoms with E-state index < -0.39 is 23.7 Å². The van der Waals surface area contributed by atoms with Gasteiger partial charge in [-0.1, -0.05) is 12.1 Å². The first-order valence-electron chi connectivity index (χ1n) is 9.83. The highest BCUT2D eigenvalue weighted by Gasteiger charge is 2.75. The number of amides is 1. The summed E-state index contributed by atoms with van der Waals surface area (Å²) >= 11 is 8.46. The molecule has 0 bridgehead atoms. The molecule has 2 saturated carbocycles. The van der Waals surface area contributed by atoms with Crippen LogP contribution in [0.15, 0.2) is 30.6 Å². The molecule has 3 aromatic rings. The third-order valence-corrected chi connectivity index (χ3v) is 7.23. The number of hydrogen-bond acceptors (Lipinski definition) is 7. The van der Waals surface area contributed by atoms with Gasteiger partial charge in [-0.2, -0.15) is 9.97 Å². The van der Waals surface area contributed by atoms with Gasteiger partial charge in [0.25, 0.3) is 0 Å². The minimum Gasteiger partial charge on any atom is -0.389 e. The number of imidazole rings is 1. The van der Waals surface area contributed by atoms with Gasteiger partial charge in [0.05, 0.1) is 23.9 Å². The monoisotopic (exact) mass is 554 g/mol. The standard InChI is InChI=1S/C20H20ClIN6O3/c1-23-18(31)20-6-11(20)13(14(29)15(20)30)28-8-25-12-16(26-19(21)27-17(12)28)24-7-9-3-2-4-10(22)5-9/h2-5,8,11,13-15,29-30H,6-7H2,1H3,(H,23,31)(H,24,26,27)/t11?,13?,14?,15?,20-/m1/s1. The molecule has 2 aliphatic carbocycles. The zero-order valence-electron chi connectivity index (χ0n) is 16.5. The van der Waals surface area contributed by atoms with Crippen molar-refractivity contribution < 1.29 is 15.0 Å². The minimum absolute atomic E-state index is 0.0424. The van der Waals surface area contributed by atoms with Gasteiger partial charge in [-0.3, -0.25) is 4.79 Å². The summed E-state index contributed by atoms with van der Waals surface area (Å²) in [5, 5.41) is 27.3. The normalized spacial score (nSPS) is 29.1. The number of nitrogens with zero attached hydrogens (tertiary/aromatic N) is 4. The molecule has 2 aromatic heterocycles. The molecule has 9 nitrogen and oxygen atoms in total. The number of halogens is 2. The quantitative estimate of drug-likeness (QED) is 0.280. The first-order valence-corrected chi connectivity index (χ1v) is 11.3. The molecular formula is C20H20ClIN6O3. The highest BCUT2D eigenvalue weighted by Crippen LogP contribution is 2.67. The number of benzene rings is 1. The Morgan fingerprint density at radius 1 is 1.39 bits per heavy atom. The Hall–Kier alpha value is -2.02. The minimum atomic E-state index is -1.16. The SMILES string of the molecule is CNC(=O)[C@]12CC1C(n1cnc3c(NCc4cccc(I)c4)nc(Cl)nc31)C(O)C2O. The Morgan fingerprint density at radius 2 is 2.19 bits per heavy atom. The molecule has 1 amide bonds. The number of aliphatic hydroxyl groups excluding tert-OH is 2. The van der Waals surface area contributed by atoms with Crippen molar-refractivity contribution in [3.63, 3.8) is 0 Å². The third-order valence-electron chi connectivity index (χ3n) is 6.39. The van der Waals surface area contributed by atoms with E-state index in [9.17, 15) is 15.0 Å². The van der Waals surface area contributed by atoms with Gasteiger partial charge in [-0.15, -0.1) is 0 Å². The summed E-state index contributed by atoms with van der Waals surface area (Å²) in [6.45, 7) is 0.527. The third kappa shape index (κ3) is 3.19. The maximum absolute atomic E-state index is 12.4. The molecule has 0 spiro atoms. The number of rotatable bonds is 5. The fourth-order valence-corrected chi connectivity index (χ4v) is 5.62.